The molecule has 3 fully saturated rings. The lowest BCUT2D eigenvalue weighted by molar-refractivity contribution is 0.356. The highest BCUT2D eigenvalue weighted by Gasteiger charge is 2.50. The average Bonchev–Trinajstić information content (AvgIpc) is 3.07. The van der Waals surface area contributed by atoms with Gasteiger partial charge in [-0.25, -0.2) is 4.98 Å². The molecule has 0 spiro atoms. The van der Waals surface area contributed by atoms with Gasteiger partial charge in [0.2, 0.25) is 0 Å². The van der Waals surface area contributed by atoms with Crippen molar-refractivity contribution in [3.63, 3.8) is 0 Å². The number of aromatic nitrogens is 2. The van der Waals surface area contributed by atoms with Crippen LogP contribution in [0, 0.1) is 11.8 Å². The van der Waals surface area contributed by atoms with Gasteiger partial charge in [0.05, 0.1) is 0 Å². The minimum atomic E-state index is -0.0112. The Morgan fingerprint density at radius 3 is 2.85 bits per heavy atom. The Bertz CT molecular complexity index is 590. The second-order valence-corrected chi connectivity index (χ2v) is 7.05. The smallest absolute Gasteiger partial charge is 0.252 e. The van der Waals surface area contributed by atoms with Crippen LogP contribution in [0.3, 0.4) is 0 Å². The van der Waals surface area contributed by atoms with Crippen LogP contribution >= 0.6 is 0 Å². The summed E-state index contributed by atoms with van der Waals surface area (Å²) in [6.45, 7) is 7.73. The van der Waals surface area contributed by atoms with Crippen molar-refractivity contribution in [2.24, 2.45) is 11.8 Å². The first-order valence-corrected chi connectivity index (χ1v) is 7.65. The maximum absolute atomic E-state index is 11.9. The molecule has 2 N–H and O–H groups in total. The minimum Gasteiger partial charge on any atom is -0.351 e. The first-order chi connectivity index (χ1) is 9.55. The predicted octanol–water partition coefficient (Wildman–Crippen LogP) is 1.08. The first-order valence-electron chi connectivity index (χ1n) is 7.65. The van der Waals surface area contributed by atoms with Gasteiger partial charge in [-0.3, -0.25) is 4.79 Å². The fourth-order valence-electron chi connectivity index (χ4n) is 3.96. The summed E-state index contributed by atoms with van der Waals surface area (Å²) in [7, 11) is 0. The van der Waals surface area contributed by atoms with Gasteiger partial charge in [0, 0.05) is 37.2 Å². The van der Waals surface area contributed by atoms with E-state index >= 15 is 0 Å². The molecule has 1 saturated carbocycles. The van der Waals surface area contributed by atoms with Crippen molar-refractivity contribution in [1.82, 2.24) is 15.3 Å². The van der Waals surface area contributed by atoms with E-state index in [-0.39, 0.29) is 11.1 Å². The fourth-order valence-corrected chi connectivity index (χ4v) is 3.96. The monoisotopic (exact) mass is 274 g/mol. The molecule has 20 heavy (non-hydrogen) atoms. The molecule has 1 aromatic heterocycles. The second kappa shape index (κ2) is 4.07. The van der Waals surface area contributed by atoms with E-state index in [1.165, 1.54) is 0 Å². The van der Waals surface area contributed by atoms with E-state index in [4.69, 9.17) is 4.98 Å². The van der Waals surface area contributed by atoms with Crippen molar-refractivity contribution in [2.45, 2.75) is 38.1 Å². The van der Waals surface area contributed by atoms with Gasteiger partial charge in [-0.05, 0) is 38.5 Å². The number of fused-ring (bicyclic) bond motifs is 1. The Morgan fingerprint density at radius 1 is 1.35 bits per heavy atom. The number of anilines is 1. The summed E-state index contributed by atoms with van der Waals surface area (Å²) in [5.41, 5.74) is 0.0540. The van der Waals surface area contributed by atoms with Crippen LogP contribution in [-0.4, -0.2) is 35.1 Å². The third-order valence-electron chi connectivity index (χ3n) is 5.35. The molecule has 5 heteroatoms. The van der Waals surface area contributed by atoms with Crippen LogP contribution in [0.5, 0.6) is 0 Å². The van der Waals surface area contributed by atoms with Gasteiger partial charge in [-0.1, -0.05) is 0 Å². The number of aromatic amines is 1. The summed E-state index contributed by atoms with van der Waals surface area (Å²) in [4.78, 5) is 21.9. The van der Waals surface area contributed by atoms with E-state index in [0.717, 1.165) is 44.1 Å². The van der Waals surface area contributed by atoms with Crippen LogP contribution in [0.4, 0.5) is 5.82 Å². The first kappa shape index (κ1) is 12.4. The highest BCUT2D eigenvalue weighted by Crippen LogP contribution is 2.43. The molecular formula is C15H22N4O. The molecule has 0 radical (unpaired) electrons. The highest BCUT2D eigenvalue weighted by atomic mass is 16.1. The summed E-state index contributed by atoms with van der Waals surface area (Å²) in [6.07, 6.45) is 2.32. The molecule has 2 aliphatic heterocycles. The van der Waals surface area contributed by atoms with E-state index in [0.29, 0.717) is 17.8 Å². The van der Waals surface area contributed by atoms with Crippen LogP contribution in [-0.2, 0) is 0 Å². The van der Waals surface area contributed by atoms with Gasteiger partial charge in [-0.2, -0.15) is 0 Å². The van der Waals surface area contributed by atoms with Crippen LogP contribution in [0.15, 0.2) is 10.9 Å². The molecule has 4 rings (SSSR count). The minimum absolute atomic E-state index is 0.0112. The standard InChI is InChI=1S/C15H22N4O/c1-15(2)11-7-16-6-10(11)8-19(15)12-5-13(20)18-14(17-12)9-3-4-9/h5,9-11,16H,3-4,6-8H2,1-2H3,(H,17,18,20). The van der Waals surface area contributed by atoms with Crippen LogP contribution < -0.4 is 15.8 Å². The van der Waals surface area contributed by atoms with E-state index in [1.807, 2.05) is 0 Å². The number of hydrogen-bond acceptors (Lipinski definition) is 4. The van der Waals surface area contributed by atoms with Gasteiger partial charge < -0.3 is 15.2 Å². The average molecular weight is 274 g/mol. The zero-order chi connectivity index (χ0) is 13.9. The Morgan fingerprint density at radius 2 is 2.15 bits per heavy atom. The molecule has 108 valence electrons. The van der Waals surface area contributed by atoms with Crippen LogP contribution in [0.2, 0.25) is 0 Å². The third kappa shape index (κ3) is 1.79. The van der Waals surface area contributed by atoms with E-state index in [9.17, 15) is 4.79 Å². The molecule has 0 aromatic carbocycles. The molecule has 2 atom stereocenters. The molecule has 2 unspecified atom stereocenters. The maximum atomic E-state index is 11.9. The number of nitrogens with zero attached hydrogens (tertiary/aromatic N) is 2. The van der Waals surface area contributed by atoms with Crippen LogP contribution in [0.25, 0.3) is 0 Å². The van der Waals surface area contributed by atoms with E-state index < -0.39 is 0 Å². The molecule has 1 aromatic rings. The van der Waals surface area contributed by atoms with Gasteiger partial charge >= 0.3 is 0 Å². The molecule has 0 amide bonds. The van der Waals surface area contributed by atoms with Crippen molar-refractivity contribution < 1.29 is 0 Å². The normalized spacial score (nSPS) is 31.6. The summed E-state index contributed by atoms with van der Waals surface area (Å²) < 4.78 is 0. The Labute approximate surface area is 118 Å². The van der Waals surface area contributed by atoms with Crippen molar-refractivity contribution >= 4 is 5.82 Å². The zero-order valence-electron chi connectivity index (χ0n) is 12.1. The number of rotatable bonds is 2. The van der Waals surface area contributed by atoms with E-state index in [1.54, 1.807) is 6.07 Å². The lowest BCUT2D eigenvalue weighted by Gasteiger charge is -2.36. The fraction of sp³-hybridized carbons (Fsp3) is 0.733. The number of nitrogens with one attached hydrogen (secondary N) is 2. The summed E-state index contributed by atoms with van der Waals surface area (Å²) in [5, 5.41) is 3.49. The molecule has 3 aliphatic rings. The third-order valence-corrected chi connectivity index (χ3v) is 5.35. The van der Waals surface area contributed by atoms with Gasteiger partial charge in [0.1, 0.15) is 11.6 Å². The van der Waals surface area contributed by atoms with Crippen LogP contribution in [0.1, 0.15) is 38.4 Å². The van der Waals surface area contributed by atoms with Crippen molar-refractivity contribution in [3.05, 3.63) is 22.2 Å². The lowest BCUT2D eigenvalue weighted by atomic mass is 9.85. The van der Waals surface area contributed by atoms with Crippen molar-refractivity contribution in [1.29, 1.82) is 0 Å². The zero-order valence-corrected chi connectivity index (χ0v) is 12.1. The summed E-state index contributed by atoms with van der Waals surface area (Å²) in [6, 6.07) is 1.67. The molecule has 3 heterocycles. The molecular weight excluding hydrogens is 252 g/mol. The quantitative estimate of drug-likeness (QED) is 0.847. The Hall–Kier alpha value is -1.36. The second-order valence-electron chi connectivity index (χ2n) is 7.05. The summed E-state index contributed by atoms with van der Waals surface area (Å²) >= 11 is 0. The van der Waals surface area contributed by atoms with Gasteiger partial charge in [0.25, 0.3) is 5.56 Å². The van der Waals surface area contributed by atoms with E-state index in [2.05, 4.69) is 29.0 Å². The topological polar surface area (TPSA) is 61.0 Å². The van der Waals surface area contributed by atoms with Gasteiger partial charge in [0.15, 0.2) is 0 Å². The predicted molar refractivity (Wildman–Crippen MR) is 78.1 cm³/mol. The van der Waals surface area contributed by atoms with Crippen molar-refractivity contribution in [2.75, 3.05) is 24.5 Å². The Balaban J connectivity index is 1.72. The van der Waals surface area contributed by atoms with Gasteiger partial charge in [-0.15, -0.1) is 0 Å². The molecule has 1 aliphatic carbocycles. The number of hydrogen-bond donors (Lipinski definition) is 2. The lowest BCUT2D eigenvalue weighted by Crippen LogP contribution is -2.45. The molecule has 0 bridgehead atoms. The Kier molecular flexibility index (Phi) is 2.52. The SMILES string of the molecule is CC1(C)C2CNCC2CN1c1cc(=O)[nH]c(C2CC2)n1. The van der Waals surface area contributed by atoms with Crippen molar-refractivity contribution in [3.8, 4) is 0 Å². The maximum Gasteiger partial charge on any atom is 0.252 e. The largest absolute Gasteiger partial charge is 0.351 e. The number of H-pyrrole nitrogens is 1. The highest BCUT2D eigenvalue weighted by molar-refractivity contribution is 5.45. The molecule has 2 saturated heterocycles. The summed E-state index contributed by atoms with van der Waals surface area (Å²) in [5.74, 6) is 3.56. The molecule has 5 nitrogen and oxygen atoms in total.